The number of nitrogens with zero attached hydrogens (tertiary/aromatic N) is 2. The number of nitriles is 1. The van der Waals surface area contributed by atoms with Gasteiger partial charge < -0.3 is 10.0 Å². The number of amides is 1. The third kappa shape index (κ3) is 2.11. The van der Waals surface area contributed by atoms with Crippen LogP contribution in [0.2, 0.25) is 0 Å². The Bertz CT molecular complexity index is 518. The molecule has 2 aliphatic rings. The zero-order valence-corrected chi connectivity index (χ0v) is 10.6. The van der Waals surface area contributed by atoms with Crippen molar-refractivity contribution in [1.82, 2.24) is 4.90 Å². The van der Waals surface area contributed by atoms with E-state index in [1.165, 1.54) is 0 Å². The highest BCUT2D eigenvalue weighted by atomic mass is 16.3. The molecule has 1 amide bonds. The largest absolute Gasteiger partial charge is 0.393 e. The van der Waals surface area contributed by atoms with E-state index in [0.29, 0.717) is 24.0 Å². The molecule has 0 radical (unpaired) electrons. The summed E-state index contributed by atoms with van der Waals surface area (Å²) in [7, 11) is 0. The van der Waals surface area contributed by atoms with Crippen LogP contribution in [0, 0.1) is 11.3 Å². The van der Waals surface area contributed by atoms with E-state index in [0.717, 1.165) is 12.8 Å². The lowest BCUT2D eigenvalue weighted by molar-refractivity contribution is 0.0287. The van der Waals surface area contributed by atoms with Crippen LogP contribution < -0.4 is 0 Å². The van der Waals surface area contributed by atoms with E-state index in [2.05, 4.69) is 6.07 Å². The molecule has 1 aromatic carbocycles. The van der Waals surface area contributed by atoms with Gasteiger partial charge in [0.25, 0.3) is 5.91 Å². The molecule has 2 bridgehead atoms. The second-order valence-electron chi connectivity index (χ2n) is 5.41. The van der Waals surface area contributed by atoms with Gasteiger partial charge in [-0.1, -0.05) is 0 Å². The fourth-order valence-electron chi connectivity index (χ4n) is 3.32. The van der Waals surface area contributed by atoms with Crippen molar-refractivity contribution in [3.05, 3.63) is 35.4 Å². The zero-order valence-electron chi connectivity index (χ0n) is 10.6. The van der Waals surface area contributed by atoms with Crippen molar-refractivity contribution in [2.75, 3.05) is 0 Å². The second kappa shape index (κ2) is 4.67. The quantitative estimate of drug-likeness (QED) is 0.831. The van der Waals surface area contributed by atoms with Crippen LogP contribution in [0.5, 0.6) is 0 Å². The highest BCUT2D eigenvalue weighted by Gasteiger charge is 2.42. The van der Waals surface area contributed by atoms with Gasteiger partial charge in [0.05, 0.1) is 17.7 Å². The van der Waals surface area contributed by atoms with E-state index < -0.39 is 0 Å². The van der Waals surface area contributed by atoms with Gasteiger partial charge >= 0.3 is 0 Å². The van der Waals surface area contributed by atoms with Crippen molar-refractivity contribution >= 4 is 5.91 Å². The number of hydrogen-bond donors (Lipinski definition) is 1. The molecule has 2 saturated heterocycles. The maximum atomic E-state index is 12.5. The van der Waals surface area contributed by atoms with Crippen LogP contribution in [-0.4, -0.2) is 34.1 Å². The minimum atomic E-state index is -0.262. The summed E-state index contributed by atoms with van der Waals surface area (Å²) in [4.78, 5) is 14.5. The van der Waals surface area contributed by atoms with Gasteiger partial charge in [-0.15, -0.1) is 0 Å². The van der Waals surface area contributed by atoms with E-state index in [1.54, 1.807) is 24.3 Å². The van der Waals surface area contributed by atoms with Gasteiger partial charge in [-0.05, 0) is 49.9 Å². The maximum absolute atomic E-state index is 12.5. The summed E-state index contributed by atoms with van der Waals surface area (Å²) in [5.41, 5.74) is 1.20. The Morgan fingerprint density at radius 3 is 2.32 bits per heavy atom. The molecule has 98 valence electrons. The summed E-state index contributed by atoms with van der Waals surface area (Å²) in [6.45, 7) is 0. The molecule has 2 unspecified atom stereocenters. The van der Waals surface area contributed by atoms with Gasteiger partial charge in [0, 0.05) is 17.6 Å². The molecule has 4 nitrogen and oxygen atoms in total. The van der Waals surface area contributed by atoms with E-state index in [4.69, 9.17) is 5.26 Å². The summed E-state index contributed by atoms with van der Waals surface area (Å²) >= 11 is 0. The van der Waals surface area contributed by atoms with Gasteiger partial charge in [0.2, 0.25) is 0 Å². The molecule has 3 rings (SSSR count). The van der Waals surface area contributed by atoms with Crippen LogP contribution in [0.4, 0.5) is 0 Å². The number of hydrogen-bond acceptors (Lipinski definition) is 3. The first-order chi connectivity index (χ1) is 9.19. The van der Waals surface area contributed by atoms with Crippen LogP contribution in [0.3, 0.4) is 0 Å². The average Bonchev–Trinajstić information content (AvgIpc) is 2.70. The van der Waals surface area contributed by atoms with Crippen molar-refractivity contribution < 1.29 is 9.90 Å². The van der Waals surface area contributed by atoms with E-state index in [1.807, 2.05) is 4.90 Å². The van der Waals surface area contributed by atoms with Crippen LogP contribution in [-0.2, 0) is 0 Å². The molecule has 2 atom stereocenters. The highest BCUT2D eigenvalue weighted by Crippen LogP contribution is 2.36. The first kappa shape index (κ1) is 12.2. The molecular formula is C15H16N2O2. The van der Waals surface area contributed by atoms with Gasteiger partial charge in [-0.25, -0.2) is 0 Å². The Balaban J connectivity index is 1.82. The van der Waals surface area contributed by atoms with E-state index in [-0.39, 0.29) is 24.1 Å². The number of aliphatic hydroxyl groups is 1. The standard InChI is InChI=1S/C15H16N2O2/c16-9-10-1-3-11(4-2-10)15(19)17-12-5-6-13(17)8-14(18)7-12/h1-4,12-14,18H,5-8H2. The Labute approximate surface area is 112 Å². The fourth-order valence-corrected chi connectivity index (χ4v) is 3.32. The van der Waals surface area contributed by atoms with Gasteiger partial charge in [0.15, 0.2) is 0 Å². The maximum Gasteiger partial charge on any atom is 0.254 e. The summed E-state index contributed by atoms with van der Waals surface area (Å²) in [6, 6.07) is 9.18. The first-order valence-corrected chi connectivity index (χ1v) is 6.70. The predicted molar refractivity (Wildman–Crippen MR) is 69.4 cm³/mol. The van der Waals surface area contributed by atoms with Gasteiger partial charge in [-0.2, -0.15) is 5.26 Å². The molecule has 0 aliphatic carbocycles. The number of fused-ring (bicyclic) bond motifs is 2. The third-order valence-electron chi connectivity index (χ3n) is 4.20. The van der Waals surface area contributed by atoms with Crippen molar-refractivity contribution in [3.63, 3.8) is 0 Å². The number of rotatable bonds is 1. The highest BCUT2D eigenvalue weighted by molar-refractivity contribution is 5.95. The zero-order chi connectivity index (χ0) is 13.4. The number of carbonyl (C=O) groups is 1. The molecule has 4 heteroatoms. The molecule has 1 aromatic rings. The monoisotopic (exact) mass is 256 g/mol. The van der Waals surface area contributed by atoms with Crippen LogP contribution in [0.15, 0.2) is 24.3 Å². The molecule has 2 heterocycles. The van der Waals surface area contributed by atoms with Gasteiger partial charge in [-0.3, -0.25) is 4.79 Å². The van der Waals surface area contributed by atoms with Gasteiger partial charge in [0.1, 0.15) is 0 Å². The smallest absolute Gasteiger partial charge is 0.254 e. The van der Waals surface area contributed by atoms with E-state index in [9.17, 15) is 9.90 Å². The molecule has 0 saturated carbocycles. The molecule has 0 spiro atoms. The Morgan fingerprint density at radius 2 is 1.79 bits per heavy atom. The number of carbonyl (C=O) groups excluding carboxylic acids is 1. The minimum Gasteiger partial charge on any atom is -0.393 e. The summed E-state index contributed by atoms with van der Waals surface area (Å²) in [5, 5.41) is 18.5. The number of benzene rings is 1. The lowest BCUT2D eigenvalue weighted by atomic mass is 9.98. The predicted octanol–water partition coefficient (Wildman–Crippen LogP) is 1.69. The molecule has 19 heavy (non-hydrogen) atoms. The summed E-state index contributed by atoms with van der Waals surface area (Å²) < 4.78 is 0. The molecular weight excluding hydrogens is 240 g/mol. The number of piperidine rings is 1. The van der Waals surface area contributed by atoms with Crippen LogP contribution in [0.1, 0.15) is 41.6 Å². The van der Waals surface area contributed by atoms with Crippen molar-refractivity contribution in [3.8, 4) is 6.07 Å². The van der Waals surface area contributed by atoms with E-state index >= 15 is 0 Å². The van der Waals surface area contributed by atoms with Crippen LogP contribution >= 0.6 is 0 Å². The fraction of sp³-hybridized carbons (Fsp3) is 0.467. The molecule has 2 fully saturated rings. The summed E-state index contributed by atoms with van der Waals surface area (Å²) in [5.74, 6) is 0.0314. The molecule has 1 N–H and O–H groups in total. The first-order valence-electron chi connectivity index (χ1n) is 6.70. The normalized spacial score (nSPS) is 29.1. The van der Waals surface area contributed by atoms with Crippen LogP contribution in [0.25, 0.3) is 0 Å². The third-order valence-corrected chi connectivity index (χ3v) is 4.20. The van der Waals surface area contributed by atoms with Crippen molar-refractivity contribution in [1.29, 1.82) is 5.26 Å². The molecule has 2 aliphatic heterocycles. The van der Waals surface area contributed by atoms with Crippen molar-refractivity contribution in [2.24, 2.45) is 0 Å². The Morgan fingerprint density at radius 1 is 1.21 bits per heavy atom. The second-order valence-corrected chi connectivity index (χ2v) is 5.41. The Kier molecular flexibility index (Phi) is 3.00. The average molecular weight is 256 g/mol. The lowest BCUT2D eigenvalue weighted by Gasteiger charge is -2.37. The topological polar surface area (TPSA) is 64.3 Å². The van der Waals surface area contributed by atoms with Crippen molar-refractivity contribution in [2.45, 2.75) is 43.9 Å². The summed E-state index contributed by atoms with van der Waals surface area (Å²) in [6.07, 6.45) is 3.10. The number of aliphatic hydroxyl groups excluding tert-OH is 1. The SMILES string of the molecule is N#Cc1ccc(C(=O)N2C3CCC2CC(O)C3)cc1. The minimum absolute atomic E-state index is 0.0314. The lowest BCUT2D eigenvalue weighted by Crippen LogP contribution is -2.47. The molecule has 0 aromatic heterocycles. The Hall–Kier alpha value is -1.86.